The predicted octanol–water partition coefficient (Wildman–Crippen LogP) is -2.46. The van der Waals surface area contributed by atoms with Crippen molar-refractivity contribution in [2.24, 2.45) is 5.92 Å². The molecule has 4 nitrogen and oxygen atoms in total. The van der Waals surface area contributed by atoms with Crippen LogP contribution >= 0.6 is 0 Å². The van der Waals surface area contributed by atoms with E-state index in [1.807, 2.05) is 0 Å². The maximum absolute atomic E-state index is 10.5. The number of hydrogen-bond donors (Lipinski definition) is 0. The van der Waals surface area contributed by atoms with Crippen LogP contribution in [-0.2, 0) is 17.6 Å². The van der Waals surface area contributed by atoms with E-state index in [0.29, 0.717) is 0 Å². The van der Waals surface area contributed by atoms with Crippen molar-refractivity contribution in [1.82, 2.24) is 9.78 Å². The van der Waals surface area contributed by atoms with Crippen LogP contribution in [0.15, 0.2) is 17.3 Å². The molecule has 0 aliphatic heterocycles. The fourth-order valence-corrected chi connectivity index (χ4v) is 1.44. The summed E-state index contributed by atoms with van der Waals surface area (Å²) in [5, 5.41) is 3.94. The number of nitrogens with zero attached hydrogens (tertiary/aromatic N) is 2. The van der Waals surface area contributed by atoms with E-state index in [-0.39, 0.29) is 34.5 Å². The van der Waals surface area contributed by atoms with Gasteiger partial charge in [0.1, 0.15) is 0 Å². The number of aromatic nitrogens is 2. The molecule has 1 saturated carbocycles. The molecule has 0 bridgehead atoms. The molecule has 1 fully saturated rings. The zero-order chi connectivity index (χ0) is 8.55. The molecule has 0 saturated heterocycles. The fraction of sp³-hybridized carbons (Fsp3) is 0.571. The molecule has 1 aromatic heterocycles. The zero-order valence-corrected chi connectivity index (χ0v) is 10.3. The third kappa shape index (κ3) is 3.18. The zero-order valence-electron chi connectivity index (χ0n) is 7.47. The minimum Gasteiger partial charge on any atom is -0.768 e. The Labute approximate surface area is 101 Å². The molecule has 1 aliphatic carbocycles. The first kappa shape index (κ1) is 11.4. The summed E-state index contributed by atoms with van der Waals surface area (Å²) in [5.41, 5.74) is 0. The molecule has 1 unspecified atom stereocenters. The summed E-state index contributed by atoms with van der Waals surface area (Å²) in [6.07, 6.45) is 5.44. The van der Waals surface area contributed by atoms with Gasteiger partial charge in [-0.3, -0.25) is 8.89 Å². The van der Waals surface area contributed by atoms with E-state index < -0.39 is 11.1 Å². The Morgan fingerprint density at radius 3 is 2.85 bits per heavy atom. The average Bonchev–Trinajstić information content (AvgIpc) is 2.66. The summed E-state index contributed by atoms with van der Waals surface area (Å²) in [6, 6.07) is 0. The molecule has 2 rings (SSSR count). The van der Waals surface area contributed by atoms with Crippen molar-refractivity contribution in [1.29, 1.82) is 0 Å². The molecule has 1 heterocycles. The van der Waals surface area contributed by atoms with E-state index >= 15 is 0 Å². The van der Waals surface area contributed by atoms with E-state index in [2.05, 4.69) is 5.10 Å². The van der Waals surface area contributed by atoms with Crippen LogP contribution in [-0.4, -0.2) is 18.5 Å². The van der Waals surface area contributed by atoms with E-state index in [0.717, 1.165) is 12.5 Å². The van der Waals surface area contributed by atoms with Crippen molar-refractivity contribution in [3.63, 3.8) is 0 Å². The summed E-state index contributed by atoms with van der Waals surface area (Å²) < 4.78 is 22.6. The van der Waals surface area contributed by atoms with Crippen LogP contribution in [0.2, 0.25) is 0 Å². The molecule has 13 heavy (non-hydrogen) atoms. The molecule has 0 amide bonds. The van der Waals surface area contributed by atoms with Crippen molar-refractivity contribution < 1.29 is 38.3 Å². The van der Waals surface area contributed by atoms with Crippen LogP contribution in [0.1, 0.15) is 12.8 Å². The second kappa shape index (κ2) is 4.70. The van der Waals surface area contributed by atoms with Crippen molar-refractivity contribution in [3.8, 4) is 0 Å². The Morgan fingerprint density at radius 2 is 2.38 bits per heavy atom. The van der Waals surface area contributed by atoms with Crippen molar-refractivity contribution in [2.75, 3.05) is 0 Å². The van der Waals surface area contributed by atoms with Gasteiger partial charge < -0.3 is 4.55 Å². The Bertz CT molecular complexity index is 311. The first-order valence-electron chi connectivity index (χ1n) is 3.87. The van der Waals surface area contributed by atoms with Crippen LogP contribution in [0.5, 0.6) is 0 Å². The summed E-state index contributed by atoms with van der Waals surface area (Å²) >= 11 is -2.14. The molecule has 0 N–H and O–H groups in total. The van der Waals surface area contributed by atoms with Gasteiger partial charge in [-0.2, -0.15) is 5.10 Å². The van der Waals surface area contributed by atoms with Crippen LogP contribution in [0, 0.1) is 5.92 Å². The van der Waals surface area contributed by atoms with Gasteiger partial charge in [0.15, 0.2) is 0 Å². The monoisotopic (exact) mass is 208 g/mol. The van der Waals surface area contributed by atoms with Gasteiger partial charge in [-0.1, -0.05) is 0 Å². The molecule has 66 valence electrons. The number of rotatable bonds is 3. The quantitative estimate of drug-likeness (QED) is 0.409. The Kier molecular flexibility index (Phi) is 4.12. The topological polar surface area (TPSA) is 57.9 Å². The third-order valence-electron chi connectivity index (χ3n) is 1.94. The first-order chi connectivity index (χ1) is 5.75. The van der Waals surface area contributed by atoms with Crippen LogP contribution in [0.25, 0.3) is 0 Å². The second-order valence-corrected chi connectivity index (χ2v) is 4.02. The van der Waals surface area contributed by atoms with Gasteiger partial charge in [-0.15, -0.1) is 0 Å². The molecule has 0 radical (unpaired) electrons. The minimum absolute atomic E-state index is 0. The smallest absolute Gasteiger partial charge is 0.768 e. The molecular formula is C7H9N2NaO2S. The molecule has 0 spiro atoms. The SMILES string of the molecule is O=S([O-])c1cnn(CC2CC2)c1.[Na+]. The molecule has 0 aromatic carbocycles. The molecule has 1 aliphatic rings. The second-order valence-electron chi connectivity index (χ2n) is 3.08. The van der Waals surface area contributed by atoms with E-state index in [4.69, 9.17) is 0 Å². The summed E-state index contributed by atoms with van der Waals surface area (Å²) in [4.78, 5) is 0.274. The van der Waals surface area contributed by atoms with Crippen LogP contribution in [0.3, 0.4) is 0 Å². The molecule has 1 aromatic rings. The summed E-state index contributed by atoms with van der Waals surface area (Å²) in [7, 11) is 0. The largest absolute Gasteiger partial charge is 1.00 e. The molecule has 1 atom stereocenters. The molecule has 6 heteroatoms. The van der Waals surface area contributed by atoms with Gasteiger partial charge >= 0.3 is 29.6 Å². The van der Waals surface area contributed by atoms with Gasteiger partial charge in [0.05, 0.1) is 11.1 Å². The Morgan fingerprint density at radius 1 is 1.69 bits per heavy atom. The van der Waals surface area contributed by atoms with Gasteiger partial charge in [-0.25, -0.2) is 0 Å². The van der Waals surface area contributed by atoms with Crippen molar-refractivity contribution >= 4 is 11.1 Å². The number of hydrogen-bond acceptors (Lipinski definition) is 3. The van der Waals surface area contributed by atoms with Crippen molar-refractivity contribution in [2.45, 2.75) is 24.3 Å². The predicted molar refractivity (Wildman–Crippen MR) is 42.1 cm³/mol. The van der Waals surface area contributed by atoms with E-state index in [9.17, 15) is 8.76 Å². The Hall–Kier alpha value is 0.320. The minimum atomic E-state index is -2.14. The summed E-state index contributed by atoms with van der Waals surface area (Å²) in [5.74, 6) is 0.720. The standard InChI is InChI=1S/C7H10N2O2S.Na/c10-12(11)7-3-8-9(5-7)4-6-1-2-6;/h3,5-6H,1-2,4H2,(H,10,11);/q;+1/p-1. The summed E-state index contributed by atoms with van der Waals surface area (Å²) in [6.45, 7) is 0.858. The van der Waals surface area contributed by atoms with Crippen LogP contribution in [0.4, 0.5) is 0 Å². The normalized spacial score (nSPS) is 17.9. The fourth-order valence-electron chi connectivity index (χ4n) is 1.10. The average molecular weight is 208 g/mol. The van der Waals surface area contributed by atoms with Gasteiger partial charge in [0.25, 0.3) is 0 Å². The van der Waals surface area contributed by atoms with Gasteiger partial charge in [-0.05, 0) is 29.8 Å². The first-order valence-corrected chi connectivity index (χ1v) is 4.95. The Balaban J connectivity index is 0.000000845. The van der Waals surface area contributed by atoms with Crippen molar-refractivity contribution in [3.05, 3.63) is 12.4 Å². The van der Waals surface area contributed by atoms with E-state index in [1.54, 1.807) is 10.9 Å². The van der Waals surface area contributed by atoms with Crippen LogP contribution < -0.4 is 29.6 Å². The molecular weight excluding hydrogens is 199 g/mol. The maximum atomic E-state index is 10.5. The maximum Gasteiger partial charge on any atom is 1.00 e. The van der Waals surface area contributed by atoms with Gasteiger partial charge in [0.2, 0.25) is 0 Å². The third-order valence-corrected chi connectivity index (χ3v) is 2.54. The van der Waals surface area contributed by atoms with E-state index in [1.165, 1.54) is 19.0 Å². The van der Waals surface area contributed by atoms with Gasteiger partial charge in [0, 0.05) is 12.7 Å².